The summed E-state index contributed by atoms with van der Waals surface area (Å²) in [7, 11) is 0. The van der Waals surface area contributed by atoms with Gasteiger partial charge in [-0.25, -0.2) is 0 Å². The summed E-state index contributed by atoms with van der Waals surface area (Å²) in [6, 6.07) is 19.1. The van der Waals surface area contributed by atoms with E-state index in [1.165, 1.54) is 0 Å². The Kier molecular flexibility index (Phi) is 3.47. The number of hydrogen-bond donors (Lipinski definition) is 0. The molecular weight excluding hydrogens is 302 g/mol. The zero-order valence-electron chi connectivity index (χ0n) is 10.1. The Labute approximate surface area is 120 Å². The van der Waals surface area contributed by atoms with Crippen molar-refractivity contribution < 1.29 is 4.74 Å². The number of hydrogen-bond acceptors (Lipinski definition) is 2. The second-order valence-corrected chi connectivity index (χ2v) is 5.10. The molecule has 3 aromatic rings. The van der Waals surface area contributed by atoms with E-state index < -0.39 is 0 Å². The molecule has 0 amide bonds. The predicted octanol–water partition coefficient (Wildman–Crippen LogP) is 4.38. The molecule has 3 rings (SSSR count). The first-order chi connectivity index (χ1) is 9.31. The maximum Gasteiger partial charge on any atom is 0.128 e. The summed E-state index contributed by atoms with van der Waals surface area (Å²) in [5.41, 5.74) is 2.05. The number of aromatic nitrogens is 1. The molecule has 1 heterocycles. The van der Waals surface area contributed by atoms with Gasteiger partial charge in [-0.3, -0.25) is 4.98 Å². The number of rotatable bonds is 3. The van der Waals surface area contributed by atoms with Crippen molar-refractivity contribution in [3.63, 3.8) is 0 Å². The van der Waals surface area contributed by atoms with Crippen LogP contribution >= 0.6 is 15.9 Å². The molecule has 1 aromatic heterocycles. The molecule has 0 N–H and O–H groups in total. The minimum absolute atomic E-state index is 0.546. The van der Waals surface area contributed by atoms with Crippen LogP contribution < -0.4 is 4.74 Å². The summed E-state index contributed by atoms with van der Waals surface area (Å²) in [5, 5.41) is 0.944. The van der Waals surface area contributed by atoms with E-state index in [0.717, 1.165) is 26.7 Å². The summed E-state index contributed by atoms with van der Waals surface area (Å²) < 4.78 is 6.68. The van der Waals surface area contributed by atoms with Crippen molar-refractivity contribution in [2.45, 2.75) is 6.61 Å². The van der Waals surface area contributed by atoms with Gasteiger partial charge in [0.25, 0.3) is 0 Å². The standard InChI is InChI=1S/C16H11BrNO/c17-14-8-13-9-15(6-7-16(13)18-10-14)19-11-12-4-2-1-3-5-12/h1-8,10H,11H2. The molecule has 3 heteroatoms. The highest BCUT2D eigenvalue weighted by Crippen LogP contribution is 2.22. The fourth-order valence-electron chi connectivity index (χ4n) is 1.83. The van der Waals surface area contributed by atoms with E-state index in [0.29, 0.717) is 6.61 Å². The lowest BCUT2D eigenvalue weighted by molar-refractivity contribution is 0.306. The van der Waals surface area contributed by atoms with Gasteiger partial charge in [-0.2, -0.15) is 0 Å². The van der Waals surface area contributed by atoms with Gasteiger partial charge < -0.3 is 4.74 Å². The summed E-state index contributed by atoms with van der Waals surface area (Å²) in [5.74, 6) is 0.733. The number of fused-ring (bicyclic) bond motifs is 1. The fraction of sp³-hybridized carbons (Fsp3) is 0.0625. The normalized spacial score (nSPS) is 10.6. The molecular formula is C16H11BrNO. The first-order valence-electron chi connectivity index (χ1n) is 5.95. The smallest absolute Gasteiger partial charge is 0.128 e. The molecule has 19 heavy (non-hydrogen) atoms. The molecule has 0 saturated heterocycles. The Bertz CT molecular complexity index is 697. The number of nitrogens with zero attached hydrogens (tertiary/aromatic N) is 1. The van der Waals surface area contributed by atoms with Crippen LogP contribution in [0.25, 0.3) is 10.9 Å². The molecule has 0 spiro atoms. The van der Waals surface area contributed by atoms with Crippen LogP contribution in [0.3, 0.4) is 0 Å². The summed E-state index contributed by atoms with van der Waals surface area (Å²) in [6.45, 7) is 0.546. The van der Waals surface area contributed by atoms with Gasteiger partial charge in [-0.15, -0.1) is 0 Å². The highest BCUT2D eigenvalue weighted by atomic mass is 79.9. The van der Waals surface area contributed by atoms with Gasteiger partial charge in [-0.1, -0.05) is 30.3 Å². The SMILES string of the molecule is Brc1cnc2ccc(OCc3ccccc3)[c]c2c1. The number of ether oxygens (including phenoxy) is 1. The molecule has 0 unspecified atom stereocenters. The van der Waals surface area contributed by atoms with E-state index >= 15 is 0 Å². The van der Waals surface area contributed by atoms with Crippen LogP contribution in [0.2, 0.25) is 0 Å². The molecule has 0 aliphatic heterocycles. The van der Waals surface area contributed by atoms with Crippen LogP contribution in [0.4, 0.5) is 0 Å². The number of benzene rings is 2. The van der Waals surface area contributed by atoms with E-state index in [-0.39, 0.29) is 0 Å². The van der Waals surface area contributed by atoms with Crippen molar-refractivity contribution >= 4 is 26.8 Å². The van der Waals surface area contributed by atoms with Gasteiger partial charge in [0.1, 0.15) is 12.4 Å². The Morgan fingerprint density at radius 3 is 2.79 bits per heavy atom. The summed E-state index contributed by atoms with van der Waals surface area (Å²) >= 11 is 3.41. The van der Waals surface area contributed by atoms with Crippen LogP contribution in [-0.2, 0) is 6.61 Å². The molecule has 2 nitrogen and oxygen atoms in total. The quantitative estimate of drug-likeness (QED) is 0.716. The predicted molar refractivity (Wildman–Crippen MR) is 79.1 cm³/mol. The first kappa shape index (κ1) is 12.2. The van der Waals surface area contributed by atoms with Crippen molar-refractivity contribution in [3.05, 3.63) is 70.8 Å². The minimum atomic E-state index is 0.546. The average molecular weight is 313 g/mol. The first-order valence-corrected chi connectivity index (χ1v) is 6.75. The van der Waals surface area contributed by atoms with Gasteiger partial charge in [-0.05, 0) is 39.7 Å². The fourth-order valence-corrected chi connectivity index (χ4v) is 2.16. The molecule has 0 saturated carbocycles. The molecule has 1 radical (unpaired) electrons. The monoisotopic (exact) mass is 312 g/mol. The van der Waals surface area contributed by atoms with Crippen molar-refractivity contribution in [1.29, 1.82) is 0 Å². The van der Waals surface area contributed by atoms with E-state index in [9.17, 15) is 0 Å². The van der Waals surface area contributed by atoms with Crippen LogP contribution in [0.5, 0.6) is 5.75 Å². The lowest BCUT2D eigenvalue weighted by atomic mass is 10.2. The molecule has 0 bridgehead atoms. The van der Waals surface area contributed by atoms with Gasteiger partial charge in [0.05, 0.1) is 5.52 Å². The van der Waals surface area contributed by atoms with Crippen LogP contribution in [0, 0.1) is 6.07 Å². The van der Waals surface area contributed by atoms with Gasteiger partial charge >= 0.3 is 0 Å². The highest BCUT2D eigenvalue weighted by molar-refractivity contribution is 9.10. The van der Waals surface area contributed by atoms with E-state index in [2.05, 4.69) is 27.0 Å². The highest BCUT2D eigenvalue weighted by Gasteiger charge is 2.01. The molecule has 0 fully saturated rings. The molecule has 0 aliphatic carbocycles. The van der Waals surface area contributed by atoms with Crippen molar-refractivity contribution in [2.75, 3.05) is 0 Å². The topological polar surface area (TPSA) is 22.1 Å². The third-order valence-electron chi connectivity index (χ3n) is 2.77. The largest absolute Gasteiger partial charge is 0.488 e. The average Bonchev–Trinajstić information content (AvgIpc) is 2.46. The lowest BCUT2D eigenvalue weighted by Crippen LogP contribution is -1.95. The maximum atomic E-state index is 5.74. The second-order valence-electron chi connectivity index (χ2n) is 4.18. The third-order valence-corrected chi connectivity index (χ3v) is 3.21. The lowest BCUT2D eigenvalue weighted by Gasteiger charge is -2.06. The number of pyridine rings is 1. The van der Waals surface area contributed by atoms with E-state index in [1.807, 2.05) is 48.5 Å². The Morgan fingerprint density at radius 1 is 1.11 bits per heavy atom. The molecule has 93 valence electrons. The number of halogens is 1. The third kappa shape index (κ3) is 2.93. The Balaban J connectivity index is 1.81. The zero-order valence-corrected chi connectivity index (χ0v) is 11.7. The van der Waals surface area contributed by atoms with Crippen LogP contribution in [0.1, 0.15) is 5.56 Å². The van der Waals surface area contributed by atoms with Gasteiger partial charge in [0, 0.05) is 22.1 Å². The zero-order chi connectivity index (χ0) is 13.1. The molecule has 2 aromatic carbocycles. The second kappa shape index (κ2) is 5.41. The maximum absolute atomic E-state index is 5.74. The Hall–Kier alpha value is -1.87. The van der Waals surface area contributed by atoms with E-state index in [4.69, 9.17) is 4.74 Å². The van der Waals surface area contributed by atoms with Crippen molar-refractivity contribution in [1.82, 2.24) is 4.98 Å². The van der Waals surface area contributed by atoms with Crippen LogP contribution in [-0.4, -0.2) is 4.98 Å². The van der Waals surface area contributed by atoms with Gasteiger partial charge in [0.15, 0.2) is 0 Å². The summed E-state index contributed by atoms with van der Waals surface area (Å²) in [4.78, 5) is 4.31. The molecule has 0 atom stereocenters. The van der Waals surface area contributed by atoms with E-state index in [1.54, 1.807) is 6.20 Å². The minimum Gasteiger partial charge on any atom is -0.488 e. The van der Waals surface area contributed by atoms with Crippen LogP contribution in [0.15, 0.2) is 59.2 Å². The van der Waals surface area contributed by atoms with Crippen molar-refractivity contribution in [2.24, 2.45) is 0 Å². The van der Waals surface area contributed by atoms with Crippen molar-refractivity contribution in [3.8, 4) is 5.75 Å². The van der Waals surface area contributed by atoms with Gasteiger partial charge in [0.2, 0.25) is 0 Å². The molecule has 0 aliphatic rings. The summed E-state index contributed by atoms with van der Waals surface area (Å²) in [6.07, 6.45) is 1.78. The Morgan fingerprint density at radius 2 is 1.95 bits per heavy atom.